The molecular formula is C16H16N4O3S. The summed E-state index contributed by atoms with van der Waals surface area (Å²) in [4.78, 5) is 30.7. The van der Waals surface area contributed by atoms with E-state index in [4.69, 9.17) is 4.74 Å². The number of ether oxygens (including phenoxy) is 1. The van der Waals surface area contributed by atoms with Crippen LogP contribution in [0.5, 0.6) is 0 Å². The van der Waals surface area contributed by atoms with Crippen LogP contribution in [0.1, 0.15) is 21.1 Å². The molecular weight excluding hydrogens is 328 g/mol. The Morgan fingerprint density at radius 3 is 2.88 bits per heavy atom. The van der Waals surface area contributed by atoms with Crippen LogP contribution in [0.2, 0.25) is 0 Å². The normalized spacial score (nSPS) is 10.8. The summed E-state index contributed by atoms with van der Waals surface area (Å²) < 4.78 is 6.51. The second kappa shape index (κ2) is 6.40. The minimum atomic E-state index is -0.436. The van der Waals surface area contributed by atoms with Crippen LogP contribution in [0.3, 0.4) is 0 Å². The van der Waals surface area contributed by atoms with Gasteiger partial charge in [0, 0.05) is 31.5 Å². The fourth-order valence-corrected chi connectivity index (χ4v) is 3.00. The number of nitrogens with zero attached hydrogens (tertiary/aromatic N) is 4. The van der Waals surface area contributed by atoms with E-state index in [1.807, 2.05) is 25.1 Å². The van der Waals surface area contributed by atoms with Gasteiger partial charge in [-0.25, -0.2) is 9.78 Å². The summed E-state index contributed by atoms with van der Waals surface area (Å²) >= 11 is 1.23. The van der Waals surface area contributed by atoms with Gasteiger partial charge in [0.2, 0.25) is 4.96 Å². The van der Waals surface area contributed by atoms with E-state index >= 15 is 0 Å². The van der Waals surface area contributed by atoms with E-state index in [0.29, 0.717) is 21.2 Å². The number of esters is 1. The lowest BCUT2D eigenvalue weighted by Gasteiger charge is -2.13. The van der Waals surface area contributed by atoms with Gasteiger partial charge in [-0.2, -0.15) is 9.61 Å². The molecule has 0 saturated carbocycles. The first-order valence-corrected chi connectivity index (χ1v) is 8.06. The van der Waals surface area contributed by atoms with E-state index in [-0.39, 0.29) is 12.2 Å². The molecule has 124 valence electrons. The summed E-state index contributed by atoms with van der Waals surface area (Å²) in [6.07, 6.45) is 0. The van der Waals surface area contributed by atoms with Crippen molar-refractivity contribution < 1.29 is 9.53 Å². The number of carbonyl (C=O) groups is 1. The van der Waals surface area contributed by atoms with Crippen molar-refractivity contribution in [2.45, 2.75) is 13.5 Å². The number of anilines is 1. The lowest BCUT2D eigenvalue weighted by atomic mass is 10.2. The SMILES string of the molecule is Cc1cc(=O)n2nc(COC(=O)c3cccc(N(C)C)c3)sc2n1. The summed E-state index contributed by atoms with van der Waals surface area (Å²) in [5, 5.41) is 4.66. The largest absolute Gasteiger partial charge is 0.455 e. The number of hydrogen-bond acceptors (Lipinski definition) is 7. The van der Waals surface area contributed by atoms with Gasteiger partial charge in [-0.3, -0.25) is 4.79 Å². The number of carbonyl (C=O) groups excluding carboxylic acids is 1. The predicted octanol–water partition coefficient (Wildman–Crippen LogP) is 1.88. The Hall–Kier alpha value is -2.74. The average Bonchev–Trinajstić information content (AvgIpc) is 2.96. The molecule has 0 saturated heterocycles. The van der Waals surface area contributed by atoms with Crippen LogP contribution in [0.25, 0.3) is 4.96 Å². The first-order chi connectivity index (χ1) is 11.4. The van der Waals surface area contributed by atoms with Crippen LogP contribution in [0.15, 0.2) is 35.1 Å². The van der Waals surface area contributed by atoms with Gasteiger partial charge in [-0.15, -0.1) is 0 Å². The molecule has 0 bridgehead atoms. The third-order valence-electron chi connectivity index (χ3n) is 3.34. The summed E-state index contributed by atoms with van der Waals surface area (Å²) in [5.41, 5.74) is 1.77. The fraction of sp³-hybridized carbons (Fsp3) is 0.250. The van der Waals surface area contributed by atoms with Gasteiger partial charge in [-0.05, 0) is 25.1 Å². The molecule has 0 spiro atoms. The lowest BCUT2D eigenvalue weighted by Crippen LogP contribution is -2.14. The van der Waals surface area contributed by atoms with Gasteiger partial charge in [-0.1, -0.05) is 17.4 Å². The van der Waals surface area contributed by atoms with Crippen LogP contribution < -0.4 is 10.5 Å². The van der Waals surface area contributed by atoms with E-state index < -0.39 is 5.97 Å². The molecule has 0 unspecified atom stereocenters. The van der Waals surface area contributed by atoms with E-state index in [0.717, 1.165) is 5.69 Å². The van der Waals surface area contributed by atoms with E-state index in [9.17, 15) is 9.59 Å². The van der Waals surface area contributed by atoms with Crippen molar-refractivity contribution in [1.82, 2.24) is 14.6 Å². The molecule has 0 fully saturated rings. The predicted molar refractivity (Wildman–Crippen MR) is 91.8 cm³/mol. The average molecular weight is 344 g/mol. The van der Waals surface area contributed by atoms with Gasteiger partial charge in [0.1, 0.15) is 6.61 Å². The quantitative estimate of drug-likeness (QED) is 0.673. The van der Waals surface area contributed by atoms with Crippen molar-refractivity contribution in [1.29, 1.82) is 0 Å². The van der Waals surface area contributed by atoms with Crippen LogP contribution in [0.4, 0.5) is 5.69 Å². The summed E-state index contributed by atoms with van der Waals surface area (Å²) in [5.74, 6) is -0.436. The van der Waals surface area contributed by atoms with Crippen LogP contribution >= 0.6 is 11.3 Å². The zero-order valence-corrected chi connectivity index (χ0v) is 14.3. The Bertz CT molecular complexity index is 961. The highest BCUT2D eigenvalue weighted by atomic mass is 32.1. The summed E-state index contributed by atoms with van der Waals surface area (Å²) in [6, 6.07) is 8.58. The number of benzene rings is 1. The van der Waals surface area contributed by atoms with Gasteiger partial charge < -0.3 is 9.64 Å². The van der Waals surface area contributed by atoms with E-state index in [1.165, 1.54) is 21.9 Å². The molecule has 24 heavy (non-hydrogen) atoms. The Kier molecular flexibility index (Phi) is 4.30. The molecule has 0 aliphatic rings. The Morgan fingerprint density at radius 2 is 2.12 bits per heavy atom. The second-order valence-electron chi connectivity index (χ2n) is 5.45. The summed E-state index contributed by atoms with van der Waals surface area (Å²) in [7, 11) is 3.80. The highest BCUT2D eigenvalue weighted by molar-refractivity contribution is 7.16. The molecule has 0 atom stereocenters. The molecule has 0 aliphatic carbocycles. The highest BCUT2D eigenvalue weighted by Gasteiger charge is 2.12. The molecule has 3 rings (SSSR count). The van der Waals surface area contributed by atoms with Gasteiger partial charge in [0.05, 0.1) is 5.56 Å². The zero-order chi connectivity index (χ0) is 17.3. The topological polar surface area (TPSA) is 76.8 Å². The maximum absolute atomic E-state index is 12.2. The van der Waals surface area contributed by atoms with E-state index in [2.05, 4.69) is 10.1 Å². The van der Waals surface area contributed by atoms with Crippen molar-refractivity contribution in [3.63, 3.8) is 0 Å². The second-order valence-corrected chi connectivity index (χ2v) is 6.49. The maximum Gasteiger partial charge on any atom is 0.338 e. The third kappa shape index (κ3) is 3.28. The first kappa shape index (κ1) is 16.1. The van der Waals surface area contributed by atoms with E-state index in [1.54, 1.807) is 25.1 Å². The number of rotatable bonds is 4. The molecule has 0 N–H and O–H groups in total. The standard InChI is InChI=1S/C16H16N4O3S/c1-10-7-14(21)20-16(17-10)24-13(18-20)9-23-15(22)11-5-4-6-12(8-11)19(2)3/h4-8H,9H2,1-3H3. The Labute approximate surface area is 142 Å². The number of hydrogen-bond donors (Lipinski definition) is 0. The number of aryl methyl sites for hydroxylation is 1. The first-order valence-electron chi connectivity index (χ1n) is 7.25. The van der Waals surface area contributed by atoms with Gasteiger partial charge in [0.25, 0.3) is 5.56 Å². The molecule has 0 amide bonds. The minimum absolute atomic E-state index is 0.00244. The van der Waals surface area contributed by atoms with Gasteiger partial charge >= 0.3 is 5.97 Å². The zero-order valence-electron chi connectivity index (χ0n) is 13.5. The van der Waals surface area contributed by atoms with Crippen molar-refractivity contribution in [2.24, 2.45) is 0 Å². The Morgan fingerprint density at radius 1 is 1.33 bits per heavy atom. The molecule has 2 heterocycles. The van der Waals surface area contributed by atoms with Crippen molar-refractivity contribution in [3.8, 4) is 0 Å². The van der Waals surface area contributed by atoms with Crippen LogP contribution in [-0.4, -0.2) is 34.7 Å². The number of aromatic nitrogens is 3. The van der Waals surface area contributed by atoms with Crippen molar-refractivity contribution in [3.05, 3.63) is 57.0 Å². The van der Waals surface area contributed by atoms with Crippen LogP contribution in [-0.2, 0) is 11.3 Å². The Balaban J connectivity index is 1.76. The molecule has 8 heteroatoms. The fourth-order valence-electron chi connectivity index (χ4n) is 2.14. The molecule has 3 aromatic rings. The van der Waals surface area contributed by atoms with Gasteiger partial charge in [0.15, 0.2) is 5.01 Å². The lowest BCUT2D eigenvalue weighted by molar-refractivity contribution is 0.0471. The highest BCUT2D eigenvalue weighted by Crippen LogP contribution is 2.16. The minimum Gasteiger partial charge on any atom is -0.455 e. The summed E-state index contributed by atoms with van der Waals surface area (Å²) in [6.45, 7) is 1.75. The third-order valence-corrected chi connectivity index (χ3v) is 4.22. The van der Waals surface area contributed by atoms with Crippen molar-refractivity contribution in [2.75, 3.05) is 19.0 Å². The van der Waals surface area contributed by atoms with Crippen LogP contribution in [0, 0.1) is 6.92 Å². The molecule has 1 aromatic carbocycles. The van der Waals surface area contributed by atoms with Crippen molar-refractivity contribution >= 4 is 28.0 Å². The smallest absolute Gasteiger partial charge is 0.338 e. The molecule has 7 nitrogen and oxygen atoms in total. The monoisotopic (exact) mass is 344 g/mol. The number of fused-ring (bicyclic) bond motifs is 1. The molecule has 0 aliphatic heterocycles. The molecule has 2 aromatic heterocycles. The molecule has 0 radical (unpaired) electrons. The maximum atomic E-state index is 12.2.